The van der Waals surface area contributed by atoms with Gasteiger partial charge in [-0.2, -0.15) is 0 Å². The lowest BCUT2D eigenvalue weighted by Crippen LogP contribution is -2.40. The van der Waals surface area contributed by atoms with Crippen LogP contribution in [0.4, 0.5) is 0 Å². The van der Waals surface area contributed by atoms with Crippen LogP contribution in [0.2, 0.25) is 0 Å². The summed E-state index contributed by atoms with van der Waals surface area (Å²) in [6, 6.07) is 3.64. The maximum Gasteiger partial charge on any atom is 0.283 e. The molecule has 1 unspecified atom stereocenters. The van der Waals surface area contributed by atoms with Gasteiger partial charge in [-0.3, -0.25) is 9.78 Å². The molecule has 1 atom stereocenters. The third kappa shape index (κ3) is 2.41. The van der Waals surface area contributed by atoms with Gasteiger partial charge in [0.05, 0.1) is 17.7 Å². The van der Waals surface area contributed by atoms with Crippen molar-refractivity contribution in [2.75, 3.05) is 6.54 Å². The number of hydrogen-bond acceptors (Lipinski definition) is 5. The van der Waals surface area contributed by atoms with Crippen LogP contribution in [-0.4, -0.2) is 37.3 Å². The van der Waals surface area contributed by atoms with Gasteiger partial charge in [0.25, 0.3) is 5.91 Å². The first-order chi connectivity index (χ1) is 11.6. The highest BCUT2D eigenvalue weighted by Gasteiger charge is 2.35. The Hall–Kier alpha value is -2.54. The molecule has 1 amide bonds. The summed E-state index contributed by atoms with van der Waals surface area (Å²) in [7, 11) is 0. The first-order valence-corrected chi connectivity index (χ1v) is 8.64. The summed E-state index contributed by atoms with van der Waals surface area (Å²) in [5, 5.41) is 0.540. The summed E-state index contributed by atoms with van der Waals surface area (Å²) in [5.74, 6) is -0.0429. The summed E-state index contributed by atoms with van der Waals surface area (Å²) in [6.45, 7) is 4.55. The molecule has 0 bridgehead atoms. The number of aromatic nitrogens is 4. The van der Waals surface area contributed by atoms with E-state index in [-0.39, 0.29) is 11.9 Å². The van der Waals surface area contributed by atoms with Gasteiger partial charge in [-0.15, -0.1) is 11.3 Å². The molecule has 3 aromatic heterocycles. The Morgan fingerprint density at radius 2 is 2.29 bits per heavy atom. The van der Waals surface area contributed by atoms with Gasteiger partial charge in [0, 0.05) is 35.9 Å². The lowest BCUT2D eigenvalue weighted by molar-refractivity contribution is 0.0690. The van der Waals surface area contributed by atoms with Gasteiger partial charge < -0.3 is 9.88 Å². The van der Waals surface area contributed by atoms with E-state index in [1.165, 1.54) is 11.3 Å². The number of carbonyl (C=O) groups is 1. The number of amides is 1. The number of hydrogen-bond donors (Lipinski definition) is 1. The molecular weight excluding hydrogens is 322 g/mol. The average Bonchev–Trinajstić information content (AvgIpc) is 3.21. The largest absolute Gasteiger partial charge is 0.348 e. The molecule has 0 aliphatic carbocycles. The van der Waals surface area contributed by atoms with Crippen LogP contribution < -0.4 is 0 Å². The van der Waals surface area contributed by atoms with Gasteiger partial charge in [0.15, 0.2) is 5.01 Å². The SMILES string of the molecule is Cc1nc(C(=O)N2CCc3[nH]cnc3C2c2cccnc2)sc1C. The van der Waals surface area contributed by atoms with Crippen molar-refractivity contribution in [1.29, 1.82) is 0 Å². The molecule has 0 radical (unpaired) electrons. The number of nitrogens with zero attached hydrogens (tertiary/aromatic N) is 4. The van der Waals surface area contributed by atoms with E-state index < -0.39 is 0 Å². The Morgan fingerprint density at radius 3 is 3.00 bits per heavy atom. The van der Waals surface area contributed by atoms with Gasteiger partial charge >= 0.3 is 0 Å². The van der Waals surface area contributed by atoms with Crippen molar-refractivity contribution in [1.82, 2.24) is 24.8 Å². The van der Waals surface area contributed by atoms with Crippen LogP contribution in [0.1, 0.15) is 43.4 Å². The third-order valence-electron chi connectivity index (χ3n) is 4.40. The first kappa shape index (κ1) is 15.0. The number of H-pyrrole nitrogens is 1. The van der Waals surface area contributed by atoms with Gasteiger partial charge in [0.2, 0.25) is 0 Å². The number of pyridine rings is 1. The van der Waals surface area contributed by atoms with Crippen molar-refractivity contribution >= 4 is 17.2 Å². The van der Waals surface area contributed by atoms with E-state index in [1.54, 1.807) is 18.7 Å². The van der Waals surface area contributed by atoms with Crippen LogP contribution in [0, 0.1) is 13.8 Å². The quantitative estimate of drug-likeness (QED) is 0.779. The molecule has 122 valence electrons. The van der Waals surface area contributed by atoms with Crippen molar-refractivity contribution in [3.05, 3.63) is 63.4 Å². The van der Waals surface area contributed by atoms with E-state index in [4.69, 9.17) is 0 Å². The minimum Gasteiger partial charge on any atom is -0.348 e. The van der Waals surface area contributed by atoms with Crippen LogP contribution in [0.5, 0.6) is 0 Å². The molecule has 0 saturated heterocycles. The number of aryl methyl sites for hydroxylation is 2. The summed E-state index contributed by atoms with van der Waals surface area (Å²) < 4.78 is 0. The predicted molar refractivity (Wildman–Crippen MR) is 91.0 cm³/mol. The van der Waals surface area contributed by atoms with Crippen molar-refractivity contribution in [3.63, 3.8) is 0 Å². The number of carbonyl (C=O) groups excluding carboxylic acids is 1. The molecule has 1 N–H and O–H groups in total. The molecule has 6 nitrogen and oxygen atoms in total. The highest BCUT2D eigenvalue weighted by Crippen LogP contribution is 2.34. The highest BCUT2D eigenvalue weighted by molar-refractivity contribution is 7.13. The summed E-state index contributed by atoms with van der Waals surface area (Å²) in [6.07, 6.45) is 5.99. The molecule has 0 fully saturated rings. The summed E-state index contributed by atoms with van der Waals surface area (Å²) in [4.78, 5) is 32.3. The van der Waals surface area contributed by atoms with Crippen molar-refractivity contribution in [3.8, 4) is 0 Å². The molecule has 0 spiro atoms. The molecule has 3 aromatic rings. The zero-order valence-electron chi connectivity index (χ0n) is 13.5. The second-order valence-corrected chi connectivity index (χ2v) is 7.07. The minimum absolute atomic E-state index is 0.0429. The monoisotopic (exact) mass is 339 g/mol. The molecule has 24 heavy (non-hydrogen) atoms. The Balaban J connectivity index is 1.77. The number of aromatic amines is 1. The average molecular weight is 339 g/mol. The second-order valence-electron chi connectivity index (χ2n) is 5.86. The second kappa shape index (κ2) is 5.83. The normalized spacial score (nSPS) is 16.9. The van der Waals surface area contributed by atoms with Gasteiger partial charge in [0.1, 0.15) is 6.04 Å². The van der Waals surface area contributed by atoms with E-state index in [1.807, 2.05) is 30.9 Å². The zero-order chi connectivity index (χ0) is 16.7. The van der Waals surface area contributed by atoms with Gasteiger partial charge in [-0.1, -0.05) is 6.07 Å². The maximum atomic E-state index is 13.1. The fraction of sp³-hybridized carbons (Fsp3) is 0.294. The Bertz CT molecular complexity index is 866. The topological polar surface area (TPSA) is 74.8 Å². The standard InChI is InChI=1S/C17H17N5OS/c1-10-11(2)24-16(21-10)17(23)22-7-5-13-14(20-9-19-13)15(22)12-4-3-6-18-8-12/h3-4,6,8-9,15H,5,7H2,1-2H3,(H,19,20). The van der Waals surface area contributed by atoms with Crippen LogP contribution >= 0.6 is 11.3 Å². The van der Waals surface area contributed by atoms with Crippen LogP contribution in [-0.2, 0) is 6.42 Å². The van der Waals surface area contributed by atoms with E-state index in [9.17, 15) is 4.79 Å². The van der Waals surface area contributed by atoms with Gasteiger partial charge in [-0.05, 0) is 25.5 Å². The van der Waals surface area contributed by atoms with Crippen LogP contribution in [0.15, 0.2) is 30.9 Å². The smallest absolute Gasteiger partial charge is 0.283 e. The zero-order valence-corrected chi connectivity index (χ0v) is 14.3. The Labute approximate surface area is 143 Å². The van der Waals surface area contributed by atoms with Crippen molar-refractivity contribution in [2.45, 2.75) is 26.3 Å². The van der Waals surface area contributed by atoms with Crippen LogP contribution in [0.3, 0.4) is 0 Å². The third-order valence-corrected chi connectivity index (χ3v) is 5.46. The molecular formula is C17H17N5OS. The fourth-order valence-electron chi connectivity index (χ4n) is 3.06. The molecule has 1 aliphatic heterocycles. The van der Waals surface area contributed by atoms with Crippen LogP contribution in [0.25, 0.3) is 0 Å². The summed E-state index contributed by atoms with van der Waals surface area (Å²) in [5.41, 5.74) is 3.86. The molecule has 0 aromatic carbocycles. The molecule has 0 saturated carbocycles. The number of imidazole rings is 1. The Kier molecular flexibility index (Phi) is 3.65. The van der Waals surface area contributed by atoms with E-state index in [0.29, 0.717) is 11.6 Å². The van der Waals surface area contributed by atoms with Gasteiger partial charge in [-0.25, -0.2) is 9.97 Å². The molecule has 4 rings (SSSR count). The van der Waals surface area contributed by atoms with E-state index >= 15 is 0 Å². The highest BCUT2D eigenvalue weighted by atomic mass is 32.1. The van der Waals surface area contributed by atoms with E-state index in [2.05, 4.69) is 19.9 Å². The lowest BCUT2D eigenvalue weighted by Gasteiger charge is -2.34. The van der Waals surface area contributed by atoms with E-state index in [0.717, 1.165) is 33.9 Å². The summed E-state index contributed by atoms with van der Waals surface area (Å²) >= 11 is 1.45. The lowest BCUT2D eigenvalue weighted by atomic mass is 9.97. The molecule has 4 heterocycles. The number of thiazole rings is 1. The fourth-order valence-corrected chi connectivity index (χ4v) is 3.93. The minimum atomic E-state index is -0.231. The number of rotatable bonds is 2. The number of nitrogens with one attached hydrogen (secondary N) is 1. The molecule has 1 aliphatic rings. The molecule has 7 heteroatoms. The van der Waals surface area contributed by atoms with Crippen molar-refractivity contribution in [2.24, 2.45) is 0 Å². The first-order valence-electron chi connectivity index (χ1n) is 7.82. The van der Waals surface area contributed by atoms with Crippen molar-refractivity contribution < 1.29 is 4.79 Å². The predicted octanol–water partition coefficient (Wildman–Crippen LogP) is 2.67. The Morgan fingerprint density at radius 1 is 1.42 bits per heavy atom. The maximum absolute atomic E-state index is 13.1. The number of fused-ring (bicyclic) bond motifs is 1.